The molecule has 1 aliphatic heterocycles. The first kappa shape index (κ1) is 20.1. The molecule has 2 amide bonds. The van der Waals surface area contributed by atoms with E-state index in [1.54, 1.807) is 0 Å². The Morgan fingerprint density at radius 2 is 1.89 bits per heavy atom. The Bertz CT molecular complexity index is 820. The van der Waals surface area contributed by atoms with Gasteiger partial charge in [0.2, 0.25) is 5.91 Å². The van der Waals surface area contributed by atoms with E-state index in [1.165, 1.54) is 5.56 Å². The molecular weight excluding hydrogens is 352 g/mol. The van der Waals surface area contributed by atoms with Gasteiger partial charge in [0, 0.05) is 25.1 Å². The standard InChI is InChI=1S/C23H28N2O3/c1-17-10-11-20(15-18(17)2)23(27)24-12-6-9-22(26)25-13-14-28-21(16-25)19-7-4-3-5-8-19/h3-5,7-8,10-11,15,21H,6,9,12-14,16H2,1-2H3,(H,24,27). The first-order chi connectivity index (χ1) is 13.5. The zero-order chi connectivity index (χ0) is 19.9. The highest BCUT2D eigenvalue weighted by atomic mass is 16.5. The minimum absolute atomic E-state index is 0.0663. The number of nitrogens with one attached hydrogen (secondary N) is 1. The van der Waals surface area contributed by atoms with Gasteiger partial charge in [-0.15, -0.1) is 0 Å². The summed E-state index contributed by atoms with van der Waals surface area (Å²) in [6, 6.07) is 15.7. The lowest BCUT2D eigenvalue weighted by Gasteiger charge is -2.33. The van der Waals surface area contributed by atoms with Crippen molar-refractivity contribution in [3.8, 4) is 0 Å². The van der Waals surface area contributed by atoms with E-state index in [0.717, 1.165) is 11.1 Å². The number of benzene rings is 2. The Balaban J connectivity index is 1.42. The third-order valence-electron chi connectivity index (χ3n) is 5.21. The van der Waals surface area contributed by atoms with Gasteiger partial charge in [0.25, 0.3) is 5.91 Å². The van der Waals surface area contributed by atoms with E-state index in [4.69, 9.17) is 4.74 Å². The number of carbonyl (C=O) groups is 2. The number of amides is 2. The van der Waals surface area contributed by atoms with E-state index in [9.17, 15) is 9.59 Å². The van der Waals surface area contributed by atoms with Crippen molar-refractivity contribution in [1.82, 2.24) is 10.2 Å². The van der Waals surface area contributed by atoms with Crippen molar-refractivity contribution < 1.29 is 14.3 Å². The maximum absolute atomic E-state index is 12.5. The third kappa shape index (κ3) is 5.20. The number of aryl methyl sites for hydroxylation is 2. The highest BCUT2D eigenvalue weighted by Crippen LogP contribution is 2.22. The van der Waals surface area contributed by atoms with Crippen molar-refractivity contribution >= 4 is 11.8 Å². The highest BCUT2D eigenvalue weighted by Gasteiger charge is 2.24. The summed E-state index contributed by atoms with van der Waals surface area (Å²) in [4.78, 5) is 26.6. The summed E-state index contributed by atoms with van der Waals surface area (Å²) in [6.07, 6.45) is 0.987. The molecule has 1 N–H and O–H groups in total. The minimum Gasteiger partial charge on any atom is -0.370 e. The second kappa shape index (κ2) is 9.51. The van der Waals surface area contributed by atoms with Crippen LogP contribution in [-0.2, 0) is 9.53 Å². The van der Waals surface area contributed by atoms with Crippen molar-refractivity contribution in [3.05, 3.63) is 70.8 Å². The van der Waals surface area contributed by atoms with Crippen LogP contribution in [-0.4, -0.2) is 43.0 Å². The Kier molecular flexibility index (Phi) is 6.82. The molecule has 0 spiro atoms. The summed E-state index contributed by atoms with van der Waals surface area (Å²) in [5.41, 5.74) is 4.03. The van der Waals surface area contributed by atoms with Crippen LogP contribution in [0.3, 0.4) is 0 Å². The Morgan fingerprint density at radius 3 is 2.64 bits per heavy atom. The molecule has 0 saturated carbocycles. The molecular formula is C23H28N2O3. The molecule has 2 aromatic carbocycles. The quantitative estimate of drug-likeness (QED) is 0.782. The fourth-order valence-electron chi connectivity index (χ4n) is 3.33. The number of carbonyl (C=O) groups excluding carboxylic acids is 2. The third-order valence-corrected chi connectivity index (χ3v) is 5.21. The van der Waals surface area contributed by atoms with Gasteiger partial charge >= 0.3 is 0 Å². The van der Waals surface area contributed by atoms with Gasteiger partial charge in [0.15, 0.2) is 0 Å². The van der Waals surface area contributed by atoms with E-state index in [0.29, 0.717) is 44.6 Å². The van der Waals surface area contributed by atoms with Crippen LogP contribution in [0.2, 0.25) is 0 Å². The van der Waals surface area contributed by atoms with Crippen molar-refractivity contribution in [2.24, 2.45) is 0 Å². The molecule has 1 aliphatic rings. The number of hydrogen-bond acceptors (Lipinski definition) is 3. The number of nitrogens with zero attached hydrogens (tertiary/aromatic N) is 1. The molecule has 0 aliphatic carbocycles. The van der Waals surface area contributed by atoms with Crippen molar-refractivity contribution in [2.75, 3.05) is 26.2 Å². The second-order valence-corrected chi connectivity index (χ2v) is 7.27. The Labute approximate surface area is 166 Å². The predicted octanol–water partition coefficient (Wildman–Crippen LogP) is 3.41. The minimum atomic E-state index is -0.0916. The van der Waals surface area contributed by atoms with Gasteiger partial charge in [-0.05, 0) is 49.1 Å². The molecule has 2 aromatic rings. The van der Waals surface area contributed by atoms with Gasteiger partial charge in [-0.2, -0.15) is 0 Å². The topological polar surface area (TPSA) is 58.6 Å². The summed E-state index contributed by atoms with van der Waals surface area (Å²) in [5.74, 6) is 0.0238. The summed E-state index contributed by atoms with van der Waals surface area (Å²) in [5, 5.41) is 2.90. The number of morpholine rings is 1. The fourth-order valence-corrected chi connectivity index (χ4v) is 3.33. The smallest absolute Gasteiger partial charge is 0.251 e. The molecule has 5 nitrogen and oxygen atoms in total. The predicted molar refractivity (Wildman–Crippen MR) is 109 cm³/mol. The highest BCUT2D eigenvalue weighted by molar-refractivity contribution is 5.94. The Morgan fingerprint density at radius 1 is 1.11 bits per heavy atom. The molecule has 28 heavy (non-hydrogen) atoms. The van der Waals surface area contributed by atoms with E-state index >= 15 is 0 Å². The van der Waals surface area contributed by atoms with Gasteiger partial charge in [-0.1, -0.05) is 36.4 Å². The van der Waals surface area contributed by atoms with Crippen molar-refractivity contribution in [2.45, 2.75) is 32.8 Å². The Hall–Kier alpha value is -2.66. The van der Waals surface area contributed by atoms with E-state index in [2.05, 4.69) is 5.32 Å². The van der Waals surface area contributed by atoms with Crippen LogP contribution in [0.25, 0.3) is 0 Å². The van der Waals surface area contributed by atoms with Crippen LogP contribution in [0.4, 0.5) is 0 Å². The molecule has 1 atom stereocenters. The molecule has 148 valence electrons. The van der Waals surface area contributed by atoms with E-state index < -0.39 is 0 Å². The lowest BCUT2D eigenvalue weighted by Crippen LogP contribution is -2.42. The molecule has 3 rings (SSSR count). The molecule has 1 heterocycles. The normalized spacial score (nSPS) is 16.6. The largest absolute Gasteiger partial charge is 0.370 e. The van der Waals surface area contributed by atoms with Gasteiger partial charge in [0.1, 0.15) is 6.10 Å². The average Bonchev–Trinajstić information content (AvgIpc) is 2.73. The monoisotopic (exact) mass is 380 g/mol. The molecule has 0 bridgehead atoms. The molecule has 5 heteroatoms. The molecule has 0 aromatic heterocycles. The summed E-state index contributed by atoms with van der Waals surface area (Å²) in [6.45, 7) is 6.26. The fraction of sp³-hybridized carbons (Fsp3) is 0.391. The van der Waals surface area contributed by atoms with Crippen LogP contribution >= 0.6 is 0 Å². The van der Waals surface area contributed by atoms with Crippen LogP contribution in [0, 0.1) is 13.8 Å². The van der Waals surface area contributed by atoms with Gasteiger partial charge in [0.05, 0.1) is 13.2 Å². The zero-order valence-corrected chi connectivity index (χ0v) is 16.6. The average molecular weight is 380 g/mol. The molecule has 1 fully saturated rings. The van der Waals surface area contributed by atoms with Gasteiger partial charge < -0.3 is 15.0 Å². The number of rotatable bonds is 6. The molecule has 0 radical (unpaired) electrons. The first-order valence-electron chi connectivity index (χ1n) is 9.84. The molecule has 1 saturated heterocycles. The van der Waals surface area contributed by atoms with Gasteiger partial charge in [-0.25, -0.2) is 0 Å². The SMILES string of the molecule is Cc1ccc(C(=O)NCCCC(=O)N2CCOC(c3ccccc3)C2)cc1C. The molecule has 1 unspecified atom stereocenters. The lowest BCUT2D eigenvalue weighted by atomic mass is 10.1. The number of hydrogen-bond donors (Lipinski definition) is 1. The second-order valence-electron chi connectivity index (χ2n) is 7.27. The zero-order valence-electron chi connectivity index (χ0n) is 16.6. The van der Waals surface area contributed by atoms with E-state index in [-0.39, 0.29) is 17.9 Å². The van der Waals surface area contributed by atoms with Crippen molar-refractivity contribution in [3.63, 3.8) is 0 Å². The van der Waals surface area contributed by atoms with Gasteiger partial charge in [-0.3, -0.25) is 9.59 Å². The first-order valence-corrected chi connectivity index (χ1v) is 9.84. The van der Waals surface area contributed by atoms with E-state index in [1.807, 2.05) is 67.3 Å². The van der Waals surface area contributed by atoms with Crippen LogP contribution in [0.15, 0.2) is 48.5 Å². The lowest BCUT2D eigenvalue weighted by molar-refractivity contribution is -0.139. The summed E-state index contributed by atoms with van der Waals surface area (Å²) >= 11 is 0. The maximum Gasteiger partial charge on any atom is 0.251 e. The van der Waals surface area contributed by atoms with Crippen LogP contribution in [0.5, 0.6) is 0 Å². The maximum atomic E-state index is 12.5. The van der Waals surface area contributed by atoms with Crippen LogP contribution in [0.1, 0.15) is 46.0 Å². The summed E-state index contributed by atoms with van der Waals surface area (Å²) < 4.78 is 5.82. The summed E-state index contributed by atoms with van der Waals surface area (Å²) in [7, 11) is 0. The van der Waals surface area contributed by atoms with Crippen molar-refractivity contribution in [1.29, 1.82) is 0 Å². The van der Waals surface area contributed by atoms with Crippen LogP contribution < -0.4 is 5.32 Å². The number of ether oxygens (including phenoxy) is 1.